The van der Waals surface area contributed by atoms with Gasteiger partial charge in [0, 0.05) is 12.1 Å². The van der Waals surface area contributed by atoms with Crippen molar-refractivity contribution in [3.63, 3.8) is 0 Å². The number of ether oxygens (including phenoxy) is 2. The van der Waals surface area contributed by atoms with E-state index >= 15 is 0 Å². The minimum Gasteiger partial charge on any atom is -0.346 e. The van der Waals surface area contributed by atoms with Gasteiger partial charge in [0.1, 0.15) is 0 Å². The predicted octanol–water partition coefficient (Wildman–Crippen LogP) is 4.13. The van der Waals surface area contributed by atoms with Gasteiger partial charge in [-0.05, 0) is 56.5 Å². The highest BCUT2D eigenvalue weighted by molar-refractivity contribution is 8.18. The molecule has 0 bridgehead atoms. The first kappa shape index (κ1) is 17.7. The third-order valence-electron chi connectivity index (χ3n) is 6.47. The van der Waals surface area contributed by atoms with Gasteiger partial charge in [-0.3, -0.25) is 4.90 Å². The lowest BCUT2D eigenvalue weighted by Crippen LogP contribution is -2.63. The molecule has 0 N–H and O–H groups in total. The van der Waals surface area contributed by atoms with Crippen molar-refractivity contribution in [1.82, 2.24) is 4.90 Å². The topological polar surface area (TPSA) is 21.7 Å². The summed E-state index contributed by atoms with van der Waals surface area (Å²) < 4.78 is 12.7. The number of thioether (sulfide) groups is 2. The molecule has 4 saturated heterocycles. The van der Waals surface area contributed by atoms with E-state index in [1.54, 1.807) is 0 Å². The van der Waals surface area contributed by atoms with Crippen LogP contribution in [0.1, 0.15) is 46.0 Å². The molecule has 4 aliphatic rings. The minimum atomic E-state index is -0.437. The van der Waals surface area contributed by atoms with Crippen molar-refractivity contribution in [3.8, 4) is 0 Å². The van der Waals surface area contributed by atoms with E-state index < -0.39 is 5.79 Å². The zero-order valence-electron chi connectivity index (χ0n) is 15.0. The average molecular weight is 370 g/mol. The number of hydrogen-bond acceptors (Lipinski definition) is 5. The fourth-order valence-electron chi connectivity index (χ4n) is 5.19. The van der Waals surface area contributed by atoms with E-state index in [1.165, 1.54) is 43.6 Å². The van der Waals surface area contributed by atoms with Gasteiger partial charge in [-0.2, -0.15) is 0 Å². The Kier molecular flexibility index (Phi) is 5.02. The van der Waals surface area contributed by atoms with Crippen LogP contribution in [-0.2, 0) is 9.47 Å². The molecule has 0 aromatic heterocycles. The molecule has 0 unspecified atom stereocenters. The molecule has 24 heavy (non-hydrogen) atoms. The van der Waals surface area contributed by atoms with Crippen LogP contribution < -0.4 is 0 Å². The first-order valence-corrected chi connectivity index (χ1v) is 11.5. The maximum atomic E-state index is 6.18. The maximum Gasteiger partial charge on any atom is 0.181 e. The smallest absolute Gasteiger partial charge is 0.181 e. The maximum absolute atomic E-state index is 6.18. The lowest BCUT2D eigenvalue weighted by molar-refractivity contribution is -0.205. The molecule has 0 aliphatic carbocycles. The number of piperidine rings is 1. The summed E-state index contributed by atoms with van der Waals surface area (Å²) in [5, 5.41) is 0. The number of fused-ring (bicyclic) bond motifs is 1. The second-order valence-corrected chi connectivity index (χ2v) is 11.2. The van der Waals surface area contributed by atoms with E-state index in [4.69, 9.17) is 9.47 Å². The van der Waals surface area contributed by atoms with Gasteiger partial charge in [-0.15, -0.1) is 30.1 Å². The summed E-state index contributed by atoms with van der Waals surface area (Å²) in [6.07, 6.45) is 8.62. The van der Waals surface area contributed by atoms with Gasteiger partial charge in [-0.1, -0.05) is 13.0 Å². The Balaban J connectivity index is 1.65. The van der Waals surface area contributed by atoms with E-state index in [0.717, 1.165) is 13.2 Å². The van der Waals surface area contributed by atoms with Crippen molar-refractivity contribution in [2.24, 2.45) is 5.92 Å². The monoisotopic (exact) mass is 369 g/mol. The van der Waals surface area contributed by atoms with Gasteiger partial charge in [-0.25, -0.2) is 0 Å². The highest BCUT2D eigenvalue weighted by Crippen LogP contribution is 2.57. The summed E-state index contributed by atoms with van der Waals surface area (Å²) in [7, 11) is 0. The third kappa shape index (κ3) is 2.98. The molecule has 4 atom stereocenters. The Morgan fingerprint density at radius 3 is 2.54 bits per heavy atom. The van der Waals surface area contributed by atoms with Crippen LogP contribution in [0.4, 0.5) is 0 Å². The molecular weight excluding hydrogens is 338 g/mol. The van der Waals surface area contributed by atoms with E-state index in [-0.39, 0.29) is 0 Å². The van der Waals surface area contributed by atoms with Gasteiger partial charge in [0.15, 0.2) is 5.79 Å². The molecular formula is C19H31NO2S2. The second-order valence-electron chi connectivity index (χ2n) is 7.94. The number of rotatable bonds is 3. The van der Waals surface area contributed by atoms with E-state index in [0.29, 0.717) is 28.1 Å². The molecule has 3 nitrogen and oxygen atoms in total. The second kappa shape index (κ2) is 6.80. The van der Waals surface area contributed by atoms with Crippen molar-refractivity contribution in [1.29, 1.82) is 0 Å². The summed E-state index contributed by atoms with van der Waals surface area (Å²) >= 11 is 4.43. The molecule has 0 saturated carbocycles. The lowest BCUT2D eigenvalue weighted by atomic mass is 9.89. The summed E-state index contributed by atoms with van der Waals surface area (Å²) in [6.45, 7) is 10.1. The number of hydrogen-bond donors (Lipinski definition) is 0. The van der Waals surface area contributed by atoms with Crippen molar-refractivity contribution in [3.05, 3.63) is 12.7 Å². The van der Waals surface area contributed by atoms with Crippen LogP contribution in [0.25, 0.3) is 0 Å². The zero-order valence-corrected chi connectivity index (χ0v) is 16.7. The molecule has 1 spiro atoms. The SMILES string of the molecule is C=C[C@H](C)[C@H]1CC[C@@H]2CC3(C[C@H](C4(C)OCCO4)N21)SCCCS3. The fraction of sp³-hybridized carbons (Fsp3) is 0.895. The van der Waals surface area contributed by atoms with Gasteiger partial charge in [0.2, 0.25) is 0 Å². The first-order valence-electron chi connectivity index (χ1n) is 9.53. The zero-order chi connectivity index (χ0) is 16.8. The van der Waals surface area contributed by atoms with Gasteiger partial charge in [0.25, 0.3) is 0 Å². The van der Waals surface area contributed by atoms with E-state index in [2.05, 4.69) is 54.9 Å². The standard InChI is InChI=1S/C19H31NO2S2/c1-4-14(2)16-7-6-15-12-19(23-10-5-11-24-19)13-17(20(15)16)18(3)21-8-9-22-18/h4,14-17H,1,5-13H2,2-3H3/t14-,15+,16+,17+/m0/s1. The Morgan fingerprint density at radius 1 is 1.17 bits per heavy atom. The van der Waals surface area contributed by atoms with Gasteiger partial charge in [0.05, 0.1) is 23.3 Å². The Bertz CT molecular complexity index is 474. The number of nitrogens with zero attached hydrogens (tertiary/aromatic N) is 1. The molecule has 5 heteroatoms. The molecule has 136 valence electrons. The van der Waals surface area contributed by atoms with Crippen LogP contribution in [0, 0.1) is 5.92 Å². The van der Waals surface area contributed by atoms with Crippen LogP contribution in [-0.4, -0.2) is 57.6 Å². The Morgan fingerprint density at radius 2 is 1.88 bits per heavy atom. The molecule has 4 heterocycles. The molecule has 0 amide bonds. The molecule has 0 aromatic rings. The van der Waals surface area contributed by atoms with Crippen LogP contribution in [0.15, 0.2) is 12.7 Å². The van der Waals surface area contributed by atoms with Gasteiger partial charge >= 0.3 is 0 Å². The Labute approximate surface area is 155 Å². The third-order valence-corrected chi connectivity index (χ3v) is 9.89. The van der Waals surface area contributed by atoms with Gasteiger partial charge < -0.3 is 9.47 Å². The van der Waals surface area contributed by atoms with Crippen molar-refractivity contribution in [2.45, 2.75) is 73.9 Å². The van der Waals surface area contributed by atoms with Crippen molar-refractivity contribution >= 4 is 23.5 Å². The molecule has 4 rings (SSSR count). The highest BCUT2D eigenvalue weighted by Gasteiger charge is 2.57. The summed E-state index contributed by atoms with van der Waals surface area (Å²) in [6, 6.07) is 1.64. The quantitative estimate of drug-likeness (QED) is 0.696. The normalized spacial score (nSPS) is 39.7. The minimum absolute atomic E-state index is 0.367. The van der Waals surface area contributed by atoms with Crippen molar-refractivity contribution < 1.29 is 9.47 Å². The molecule has 4 fully saturated rings. The fourth-order valence-corrected chi connectivity index (χ4v) is 8.70. The largest absolute Gasteiger partial charge is 0.346 e. The molecule has 0 radical (unpaired) electrons. The average Bonchev–Trinajstić information content (AvgIpc) is 3.21. The highest BCUT2D eigenvalue weighted by atomic mass is 32.2. The van der Waals surface area contributed by atoms with E-state index in [9.17, 15) is 0 Å². The van der Waals surface area contributed by atoms with Crippen molar-refractivity contribution in [2.75, 3.05) is 24.7 Å². The molecule has 4 aliphatic heterocycles. The van der Waals surface area contributed by atoms with Crippen LogP contribution in [0.2, 0.25) is 0 Å². The van der Waals surface area contributed by atoms with E-state index in [1.807, 2.05) is 0 Å². The lowest BCUT2D eigenvalue weighted by Gasteiger charge is -2.54. The predicted molar refractivity (Wildman–Crippen MR) is 104 cm³/mol. The van der Waals surface area contributed by atoms with Crippen LogP contribution in [0.3, 0.4) is 0 Å². The van der Waals surface area contributed by atoms with Crippen LogP contribution >= 0.6 is 23.5 Å². The summed E-state index contributed by atoms with van der Waals surface area (Å²) in [4.78, 5) is 2.79. The molecule has 0 aromatic carbocycles. The Hall–Kier alpha value is 0.320. The first-order chi connectivity index (χ1) is 11.6. The van der Waals surface area contributed by atoms with Crippen LogP contribution in [0.5, 0.6) is 0 Å². The summed E-state index contributed by atoms with van der Waals surface area (Å²) in [5.74, 6) is 2.73. The summed E-state index contributed by atoms with van der Waals surface area (Å²) in [5.41, 5.74) is 0.